The lowest BCUT2D eigenvalue weighted by atomic mass is 10.2. The summed E-state index contributed by atoms with van der Waals surface area (Å²) in [5.41, 5.74) is 2.54. The number of thioether (sulfide) groups is 2. The number of benzene rings is 1. The molecule has 1 aromatic heterocycles. The molecule has 1 N–H and O–H groups in total. The standard InChI is InChI=1S/C18H23NO2S2/c1-13-6-4-7-14(2)17(13)23-12-15-8-9-16(21-15)18(20)19-10-5-11-22-3/h4,6-9H,5,10-12H2,1-3H3,(H,19,20). The second kappa shape index (κ2) is 9.08. The predicted octanol–water partition coefficient (Wildman–Crippen LogP) is 4.67. The van der Waals surface area contributed by atoms with Crippen LogP contribution in [0.1, 0.15) is 33.9 Å². The number of hydrogen-bond donors (Lipinski definition) is 1. The highest BCUT2D eigenvalue weighted by Gasteiger charge is 2.11. The first-order chi connectivity index (χ1) is 11.1. The Morgan fingerprint density at radius 3 is 2.61 bits per heavy atom. The number of furan rings is 1. The van der Waals surface area contributed by atoms with Crippen LogP contribution in [0.4, 0.5) is 0 Å². The Balaban J connectivity index is 1.88. The molecule has 2 aromatic rings. The number of nitrogens with one attached hydrogen (secondary N) is 1. The zero-order valence-corrected chi connectivity index (χ0v) is 15.5. The molecule has 0 aliphatic rings. The van der Waals surface area contributed by atoms with Gasteiger partial charge in [-0.2, -0.15) is 11.8 Å². The molecule has 0 spiro atoms. The molecule has 5 heteroatoms. The van der Waals surface area contributed by atoms with Crippen LogP contribution in [0, 0.1) is 13.8 Å². The minimum Gasteiger partial charge on any atom is -0.455 e. The molecule has 1 aromatic carbocycles. The normalized spacial score (nSPS) is 10.7. The van der Waals surface area contributed by atoms with Crippen molar-refractivity contribution in [2.75, 3.05) is 18.6 Å². The third kappa shape index (κ3) is 5.36. The van der Waals surface area contributed by atoms with E-state index in [0.717, 1.165) is 23.7 Å². The van der Waals surface area contributed by atoms with E-state index in [0.29, 0.717) is 12.3 Å². The van der Waals surface area contributed by atoms with E-state index in [1.807, 2.05) is 6.07 Å². The molecule has 0 saturated carbocycles. The monoisotopic (exact) mass is 349 g/mol. The van der Waals surface area contributed by atoms with E-state index in [4.69, 9.17) is 4.42 Å². The van der Waals surface area contributed by atoms with E-state index in [1.165, 1.54) is 16.0 Å². The van der Waals surface area contributed by atoms with Gasteiger partial charge in [0.2, 0.25) is 0 Å². The first kappa shape index (κ1) is 18.0. The van der Waals surface area contributed by atoms with E-state index >= 15 is 0 Å². The third-order valence-electron chi connectivity index (χ3n) is 3.46. The van der Waals surface area contributed by atoms with Crippen molar-refractivity contribution < 1.29 is 9.21 Å². The van der Waals surface area contributed by atoms with Gasteiger partial charge >= 0.3 is 0 Å². The summed E-state index contributed by atoms with van der Waals surface area (Å²) < 4.78 is 5.67. The van der Waals surface area contributed by atoms with Crippen molar-refractivity contribution in [3.8, 4) is 0 Å². The van der Waals surface area contributed by atoms with Gasteiger partial charge in [-0.3, -0.25) is 4.79 Å². The van der Waals surface area contributed by atoms with E-state index in [-0.39, 0.29) is 5.91 Å². The van der Waals surface area contributed by atoms with Gasteiger partial charge in [-0.15, -0.1) is 11.8 Å². The fraction of sp³-hybridized carbons (Fsp3) is 0.389. The SMILES string of the molecule is CSCCCNC(=O)c1ccc(CSc2c(C)cccc2C)o1. The molecule has 0 aliphatic heterocycles. The summed E-state index contributed by atoms with van der Waals surface area (Å²) in [6.45, 7) is 4.92. The molecule has 2 rings (SSSR count). The number of hydrogen-bond acceptors (Lipinski definition) is 4. The average molecular weight is 350 g/mol. The summed E-state index contributed by atoms with van der Waals surface area (Å²) in [7, 11) is 0. The van der Waals surface area contributed by atoms with Crippen LogP contribution in [0.2, 0.25) is 0 Å². The molecular formula is C18H23NO2S2. The van der Waals surface area contributed by atoms with Gasteiger partial charge in [-0.25, -0.2) is 0 Å². The molecule has 0 bridgehead atoms. The zero-order valence-electron chi connectivity index (χ0n) is 13.8. The summed E-state index contributed by atoms with van der Waals surface area (Å²) in [6.07, 6.45) is 3.04. The second-order valence-corrected chi connectivity index (χ2v) is 7.35. The van der Waals surface area contributed by atoms with Crippen molar-refractivity contribution in [2.24, 2.45) is 0 Å². The highest BCUT2D eigenvalue weighted by atomic mass is 32.2. The van der Waals surface area contributed by atoms with Crippen LogP contribution in [-0.2, 0) is 5.75 Å². The summed E-state index contributed by atoms with van der Waals surface area (Å²) in [4.78, 5) is 13.3. The van der Waals surface area contributed by atoms with Gasteiger partial charge in [0.05, 0.1) is 5.75 Å². The highest BCUT2D eigenvalue weighted by molar-refractivity contribution is 7.98. The number of carbonyl (C=O) groups excluding carboxylic acids is 1. The largest absolute Gasteiger partial charge is 0.455 e. The summed E-state index contributed by atoms with van der Waals surface area (Å²) in [5, 5.41) is 2.89. The van der Waals surface area contributed by atoms with Crippen molar-refractivity contribution in [1.29, 1.82) is 0 Å². The van der Waals surface area contributed by atoms with Crippen LogP contribution < -0.4 is 5.32 Å². The number of aryl methyl sites for hydroxylation is 2. The lowest BCUT2D eigenvalue weighted by molar-refractivity contribution is 0.0924. The van der Waals surface area contributed by atoms with E-state index in [9.17, 15) is 4.79 Å². The van der Waals surface area contributed by atoms with Crippen molar-refractivity contribution >= 4 is 29.4 Å². The van der Waals surface area contributed by atoms with Gasteiger partial charge in [-0.1, -0.05) is 18.2 Å². The van der Waals surface area contributed by atoms with Crippen molar-refractivity contribution in [2.45, 2.75) is 30.9 Å². The molecule has 0 aliphatic carbocycles. The molecule has 0 unspecified atom stereocenters. The molecule has 0 fully saturated rings. The molecule has 124 valence electrons. The number of amides is 1. The van der Waals surface area contributed by atoms with Crippen molar-refractivity contribution in [3.05, 3.63) is 53.0 Å². The predicted molar refractivity (Wildman–Crippen MR) is 99.5 cm³/mol. The topological polar surface area (TPSA) is 42.2 Å². The van der Waals surface area contributed by atoms with E-state index in [1.54, 1.807) is 29.6 Å². The van der Waals surface area contributed by atoms with Gasteiger partial charge < -0.3 is 9.73 Å². The van der Waals surface area contributed by atoms with Crippen molar-refractivity contribution in [3.63, 3.8) is 0 Å². The lowest BCUT2D eigenvalue weighted by Gasteiger charge is -2.07. The Kier molecular flexibility index (Phi) is 7.12. The van der Waals surface area contributed by atoms with Crippen LogP contribution in [0.5, 0.6) is 0 Å². The Hall–Kier alpha value is -1.33. The first-order valence-electron chi connectivity index (χ1n) is 7.66. The van der Waals surface area contributed by atoms with Crippen molar-refractivity contribution in [1.82, 2.24) is 5.32 Å². The van der Waals surface area contributed by atoms with Gasteiger partial charge in [0.15, 0.2) is 5.76 Å². The molecule has 0 radical (unpaired) electrons. The fourth-order valence-corrected chi connectivity index (χ4v) is 3.72. The third-order valence-corrected chi connectivity index (χ3v) is 5.52. The molecule has 1 amide bonds. The van der Waals surface area contributed by atoms with Crippen LogP contribution in [0.15, 0.2) is 39.6 Å². The van der Waals surface area contributed by atoms with Gasteiger partial charge in [-0.05, 0) is 55.5 Å². The molecule has 0 saturated heterocycles. The van der Waals surface area contributed by atoms with E-state index < -0.39 is 0 Å². The maximum atomic E-state index is 12.0. The average Bonchev–Trinajstić information content (AvgIpc) is 3.00. The Morgan fingerprint density at radius 2 is 1.91 bits per heavy atom. The molecular weight excluding hydrogens is 326 g/mol. The van der Waals surface area contributed by atoms with Gasteiger partial charge in [0.1, 0.15) is 5.76 Å². The molecule has 23 heavy (non-hydrogen) atoms. The fourth-order valence-electron chi connectivity index (χ4n) is 2.25. The van der Waals surface area contributed by atoms with E-state index in [2.05, 4.69) is 43.6 Å². The molecule has 0 atom stereocenters. The zero-order chi connectivity index (χ0) is 16.7. The Morgan fingerprint density at radius 1 is 1.17 bits per heavy atom. The smallest absolute Gasteiger partial charge is 0.286 e. The van der Waals surface area contributed by atoms with Gasteiger partial charge in [0, 0.05) is 11.4 Å². The maximum Gasteiger partial charge on any atom is 0.286 e. The second-order valence-electron chi connectivity index (χ2n) is 5.38. The molecule has 3 nitrogen and oxygen atoms in total. The Bertz CT molecular complexity index is 632. The minimum atomic E-state index is -0.130. The summed E-state index contributed by atoms with van der Waals surface area (Å²) in [6, 6.07) is 9.94. The number of rotatable bonds is 8. The maximum absolute atomic E-state index is 12.0. The number of carbonyl (C=O) groups is 1. The quantitative estimate of drug-likeness (QED) is 0.555. The summed E-state index contributed by atoms with van der Waals surface area (Å²) >= 11 is 3.53. The van der Waals surface area contributed by atoms with Gasteiger partial charge in [0.25, 0.3) is 5.91 Å². The lowest BCUT2D eigenvalue weighted by Crippen LogP contribution is -2.24. The van der Waals surface area contributed by atoms with Crippen LogP contribution in [0.25, 0.3) is 0 Å². The van der Waals surface area contributed by atoms with Crippen LogP contribution >= 0.6 is 23.5 Å². The Labute approximate surface area is 146 Å². The molecule has 1 heterocycles. The first-order valence-corrected chi connectivity index (χ1v) is 10.0. The summed E-state index contributed by atoms with van der Waals surface area (Å²) in [5.74, 6) is 2.87. The van der Waals surface area contributed by atoms with Crippen LogP contribution in [-0.4, -0.2) is 24.5 Å². The van der Waals surface area contributed by atoms with Crippen LogP contribution in [0.3, 0.4) is 0 Å². The minimum absolute atomic E-state index is 0.130. The highest BCUT2D eigenvalue weighted by Crippen LogP contribution is 2.29.